The quantitative estimate of drug-likeness (QED) is 0.349. The molecular weight excluding hydrogens is 382 g/mol. The standard InChI is InChI=1S/C28H37NO2/c1-3-4-5-6-7-8-9-10-11-27-21-30-28(31-22(27)2)26-18-16-25(17-19-26)24-14-12-23(20-29)13-15-24/h12-19,22,27-28H,3-11,21H2,1-2H3/t22-,27+,28+/m1/s1. The van der Waals surface area contributed by atoms with Gasteiger partial charge in [-0.3, -0.25) is 0 Å². The topological polar surface area (TPSA) is 42.2 Å². The van der Waals surface area contributed by atoms with Gasteiger partial charge >= 0.3 is 0 Å². The van der Waals surface area contributed by atoms with E-state index in [2.05, 4.69) is 44.2 Å². The lowest BCUT2D eigenvalue weighted by Gasteiger charge is -2.35. The van der Waals surface area contributed by atoms with Crippen molar-refractivity contribution in [2.75, 3.05) is 6.61 Å². The first-order chi connectivity index (χ1) is 15.2. The van der Waals surface area contributed by atoms with Crippen LogP contribution in [-0.2, 0) is 9.47 Å². The normalized spacial score (nSPS) is 21.0. The number of ether oxygens (including phenoxy) is 2. The molecule has 0 amide bonds. The highest BCUT2D eigenvalue weighted by atomic mass is 16.7. The zero-order chi connectivity index (χ0) is 21.9. The van der Waals surface area contributed by atoms with Gasteiger partial charge in [-0.2, -0.15) is 5.26 Å². The van der Waals surface area contributed by atoms with Crippen molar-refractivity contribution in [2.45, 2.75) is 84.0 Å². The van der Waals surface area contributed by atoms with Crippen LogP contribution in [0.2, 0.25) is 0 Å². The SMILES string of the molecule is CCCCCCCCCC[C@H]1CO[C@H](c2ccc(-c3ccc(C#N)cc3)cc2)O[C@@H]1C. The molecule has 3 nitrogen and oxygen atoms in total. The largest absolute Gasteiger partial charge is 0.348 e. The van der Waals surface area contributed by atoms with E-state index >= 15 is 0 Å². The zero-order valence-corrected chi connectivity index (χ0v) is 19.2. The molecule has 1 saturated heterocycles. The number of unbranched alkanes of at least 4 members (excludes halogenated alkanes) is 7. The highest BCUT2D eigenvalue weighted by Gasteiger charge is 2.29. The van der Waals surface area contributed by atoms with Gasteiger partial charge in [0, 0.05) is 11.5 Å². The van der Waals surface area contributed by atoms with Gasteiger partial charge in [-0.05, 0) is 36.6 Å². The molecule has 0 N–H and O–H groups in total. The van der Waals surface area contributed by atoms with Gasteiger partial charge < -0.3 is 9.47 Å². The average molecular weight is 420 g/mol. The summed E-state index contributed by atoms with van der Waals surface area (Å²) in [5.41, 5.74) is 3.98. The predicted molar refractivity (Wildman–Crippen MR) is 127 cm³/mol. The van der Waals surface area contributed by atoms with Gasteiger partial charge in [-0.15, -0.1) is 0 Å². The maximum absolute atomic E-state index is 8.95. The molecule has 2 aromatic carbocycles. The van der Waals surface area contributed by atoms with Crippen molar-refractivity contribution in [1.82, 2.24) is 0 Å². The predicted octanol–water partition coefficient (Wildman–Crippen LogP) is 7.81. The Morgan fingerprint density at radius 1 is 0.839 bits per heavy atom. The Labute approximate surface area is 188 Å². The monoisotopic (exact) mass is 419 g/mol. The third-order valence-electron chi connectivity index (χ3n) is 6.42. The third kappa shape index (κ3) is 7.20. The molecule has 1 fully saturated rings. The van der Waals surface area contributed by atoms with E-state index in [1.807, 2.05) is 24.3 Å². The second kappa shape index (κ2) is 12.6. The van der Waals surface area contributed by atoms with Gasteiger partial charge in [0.25, 0.3) is 0 Å². The Morgan fingerprint density at radius 3 is 2.00 bits per heavy atom. The fraction of sp³-hybridized carbons (Fsp3) is 0.536. The van der Waals surface area contributed by atoms with E-state index in [-0.39, 0.29) is 12.4 Å². The van der Waals surface area contributed by atoms with Crippen LogP contribution in [-0.4, -0.2) is 12.7 Å². The summed E-state index contributed by atoms with van der Waals surface area (Å²) < 4.78 is 12.3. The summed E-state index contributed by atoms with van der Waals surface area (Å²) in [6.45, 7) is 5.24. The molecule has 3 heteroatoms. The van der Waals surface area contributed by atoms with Crippen molar-refractivity contribution < 1.29 is 9.47 Å². The minimum absolute atomic E-state index is 0.224. The van der Waals surface area contributed by atoms with Gasteiger partial charge in [0.1, 0.15) is 0 Å². The lowest BCUT2D eigenvalue weighted by atomic mass is 9.95. The molecule has 3 rings (SSSR count). The van der Waals surface area contributed by atoms with Crippen LogP contribution >= 0.6 is 0 Å². The van der Waals surface area contributed by atoms with Crippen molar-refractivity contribution >= 4 is 0 Å². The van der Waals surface area contributed by atoms with E-state index in [1.54, 1.807) is 0 Å². The summed E-state index contributed by atoms with van der Waals surface area (Å²) in [5.74, 6) is 0.495. The summed E-state index contributed by atoms with van der Waals surface area (Å²) in [6.07, 6.45) is 12.0. The smallest absolute Gasteiger partial charge is 0.184 e. The van der Waals surface area contributed by atoms with Gasteiger partial charge in [0.2, 0.25) is 0 Å². The van der Waals surface area contributed by atoms with E-state index in [1.165, 1.54) is 57.8 Å². The third-order valence-corrected chi connectivity index (χ3v) is 6.42. The molecule has 1 heterocycles. The van der Waals surface area contributed by atoms with Crippen LogP contribution in [0.4, 0.5) is 0 Å². The lowest BCUT2D eigenvalue weighted by molar-refractivity contribution is -0.237. The number of hydrogen-bond acceptors (Lipinski definition) is 3. The van der Waals surface area contributed by atoms with Crippen molar-refractivity contribution in [1.29, 1.82) is 5.26 Å². The van der Waals surface area contributed by atoms with E-state index < -0.39 is 0 Å². The summed E-state index contributed by atoms with van der Waals surface area (Å²) in [5, 5.41) is 8.95. The van der Waals surface area contributed by atoms with Gasteiger partial charge in [0.15, 0.2) is 6.29 Å². The molecule has 2 aromatic rings. The first-order valence-electron chi connectivity index (χ1n) is 12.1. The summed E-state index contributed by atoms with van der Waals surface area (Å²) in [7, 11) is 0. The summed E-state index contributed by atoms with van der Waals surface area (Å²) in [6, 6.07) is 18.2. The van der Waals surface area contributed by atoms with Crippen LogP contribution in [0.25, 0.3) is 11.1 Å². The first kappa shape index (κ1) is 23.5. The Hall–Kier alpha value is -2.15. The number of nitrogens with zero attached hydrogens (tertiary/aromatic N) is 1. The maximum Gasteiger partial charge on any atom is 0.184 e. The molecule has 1 aliphatic rings. The summed E-state index contributed by atoms with van der Waals surface area (Å²) in [4.78, 5) is 0. The molecule has 0 aliphatic carbocycles. The fourth-order valence-corrected chi connectivity index (χ4v) is 4.30. The Bertz CT molecular complexity index is 806. The molecule has 0 saturated carbocycles. The highest BCUT2D eigenvalue weighted by molar-refractivity contribution is 5.64. The molecule has 0 radical (unpaired) electrons. The van der Waals surface area contributed by atoms with E-state index in [4.69, 9.17) is 14.7 Å². The van der Waals surface area contributed by atoms with Crippen molar-refractivity contribution in [3.05, 3.63) is 59.7 Å². The molecule has 0 spiro atoms. The lowest BCUT2D eigenvalue weighted by Crippen LogP contribution is -2.34. The van der Waals surface area contributed by atoms with Crippen LogP contribution in [0.1, 0.15) is 89.1 Å². The number of hydrogen-bond donors (Lipinski definition) is 0. The van der Waals surface area contributed by atoms with Crippen LogP contribution in [0.3, 0.4) is 0 Å². The van der Waals surface area contributed by atoms with Crippen molar-refractivity contribution in [3.8, 4) is 17.2 Å². The highest BCUT2D eigenvalue weighted by Crippen LogP contribution is 2.32. The second-order valence-electron chi connectivity index (χ2n) is 8.84. The zero-order valence-electron chi connectivity index (χ0n) is 19.2. The van der Waals surface area contributed by atoms with Crippen molar-refractivity contribution in [3.63, 3.8) is 0 Å². The van der Waals surface area contributed by atoms with E-state index in [0.29, 0.717) is 11.5 Å². The molecule has 0 bridgehead atoms. The Morgan fingerprint density at radius 2 is 1.42 bits per heavy atom. The Kier molecular flexibility index (Phi) is 9.59. The van der Waals surface area contributed by atoms with E-state index in [0.717, 1.165) is 23.3 Å². The van der Waals surface area contributed by atoms with Crippen LogP contribution in [0.5, 0.6) is 0 Å². The second-order valence-corrected chi connectivity index (χ2v) is 8.84. The van der Waals surface area contributed by atoms with E-state index in [9.17, 15) is 0 Å². The molecule has 0 unspecified atom stereocenters. The summed E-state index contributed by atoms with van der Waals surface area (Å²) >= 11 is 0. The molecular formula is C28H37NO2. The van der Waals surface area contributed by atoms with Crippen LogP contribution < -0.4 is 0 Å². The maximum atomic E-state index is 8.95. The minimum Gasteiger partial charge on any atom is -0.348 e. The molecule has 1 aliphatic heterocycles. The average Bonchev–Trinajstić information content (AvgIpc) is 2.82. The number of nitriles is 1. The van der Waals surface area contributed by atoms with Crippen LogP contribution in [0.15, 0.2) is 48.5 Å². The van der Waals surface area contributed by atoms with Gasteiger partial charge in [-0.1, -0.05) is 94.7 Å². The number of benzene rings is 2. The molecule has 3 atom stereocenters. The molecule has 166 valence electrons. The molecule has 0 aromatic heterocycles. The Balaban J connectivity index is 1.41. The van der Waals surface area contributed by atoms with Crippen molar-refractivity contribution in [2.24, 2.45) is 5.92 Å². The molecule has 31 heavy (non-hydrogen) atoms. The van der Waals surface area contributed by atoms with Crippen LogP contribution in [0, 0.1) is 17.2 Å². The van der Waals surface area contributed by atoms with Gasteiger partial charge in [0.05, 0.1) is 24.3 Å². The van der Waals surface area contributed by atoms with Gasteiger partial charge in [-0.25, -0.2) is 0 Å². The number of rotatable bonds is 11. The minimum atomic E-state index is -0.278. The first-order valence-corrected chi connectivity index (χ1v) is 12.1. The fourth-order valence-electron chi connectivity index (χ4n) is 4.30.